The molecule has 1 aliphatic rings. The Morgan fingerprint density at radius 3 is 2.93 bits per heavy atom. The maximum absolute atomic E-state index is 13.7. The maximum Gasteiger partial charge on any atom is 0.145 e. The third kappa shape index (κ3) is 1.64. The molecule has 0 saturated carbocycles. The average Bonchev–Trinajstić information content (AvgIpc) is 2.57. The van der Waals surface area contributed by atoms with Crippen LogP contribution in [0.3, 0.4) is 0 Å². The van der Waals surface area contributed by atoms with Crippen LogP contribution < -0.4 is 5.32 Å². The van der Waals surface area contributed by atoms with Gasteiger partial charge in [-0.05, 0) is 31.5 Å². The van der Waals surface area contributed by atoms with Crippen LogP contribution in [0.2, 0.25) is 5.02 Å². The molecule has 2 atom stereocenters. The lowest BCUT2D eigenvalue weighted by Gasteiger charge is -2.16. The molecular formula is C11H13ClFN. The predicted molar refractivity (Wildman–Crippen MR) is 56.2 cm³/mol. The lowest BCUT2D eigenvalue weighted by molar-refractivity contribution is 0.544. The number of nitrogens with one attached hydrogen (secondary N) is 1. The fourth-order valence-electron chi connectivity index (χ4n) is 2.09. The largest absolute Gasteiger partial charge is 0.314 e. The van der Waals surface area contributed by atoms with Crippen LogP contribution in [0, 0.1) is 5.82 Å². The lowest BCUT2D eigenvalue weighted by Crippen LogP contribution is -2.22. The van der Waals surface area contributed by atoms with Gasteiger partial charge in [-0.25, -0.2) is 4.39 Å². The topological polar surface area (TPSA) is 12.0 Å². The first-order valence-corrected chi connectivity index (χ1v) is 5.25. The molecule has 0 spiro atoms. The van der Waals surface area contributed by atoms with Crippen molar-refractivity contribution in [3.63, 3.8) is 0 Å². The highest BCUT2D eigenvalue weighted by molar-refractivity contribution is 6.30. The summed E-state index contributed by atoms with van der Waals surface area (Å²) in [5, 5.41) is 3.53. The third-order valence-electron chi connectivity index (χ3n) is 2.91. The van der Waals surface area contributed by atoms with Crippen LogP contribution in [-0.4, -0.2) is 12.6 Å². The molecule has 1 aromatic carbocycles. The number of hydrogen-bond donors (Lipinski definition) is 1. The van der Waals surface area contributed by atoms with Crippen molar-refractivity contribution in [1.82, 2.24) is 5.32 Å². The first-order valence-electron chi connectivity index (χ1n) is 4.87. The summed E-state index contributed by atoms with van der Waals surface area (Å²) in [5.41, 5.74) is 0.745. The van der Waals surface area contributed by atoms with Crippen molar-refractivity contribution in [3.8, 4) is 0 Å². The van der Waals surface area contributed by atoms with Crippen LogP contribution in [0.25, 0.3) is 0 Å². The molecule has 0 aliphatic carbocycles. The molecule has 1 aliphatic heterocycles. The smallest absolute Gasteiger partial charge is 0.145 e. The highest BCUT2D eigenvalue weighted by Crippen LogP contribution is 2.31. The Morgan fingerprint density at radius 2 is 2.29 bits per heavy atom. The maximum atomic E-state index is 13.7. The standard InChI is InChI=1S/C11H13ClFN/c1-7-8(5-6-14-7)9-3-2-4-10(12)11(9)13/h2-4,7-8,14H,5-6H2,1H3. The van der Waals surface area contributed by atoms with Gasteiger partial charge in [0, 0.05) is 12.0 Å². The SMILES string of the molecule is CC1NCCC1c1cccc(Cl)c1F. The van der Waals surface area contributed by atoms with Gasteiger partial charge in [-0.15, -0.1) is 0 Å². The highest BCUT2D eigenvalue weighted by Gasteiger charge is 2.27. The van der Waals surface area contributed by atoms with Gasteiger partial charge in [-0.2, -0.15) is 0 Å². The number of halogens is 2. The second-order valence-corrected chi connectivity index (χ2v) is 4.19. The molecule has 1 heterocycles. The van der Waals surface area contributed by atoms with Gasteiger partial charge in [0.2, 0.25) is 0 Å². The molecule has 1 N–H and O–H groups in total. The van der Waals surface area contributed by atoms with Crippen LogP contribution in [0.4, 0.5) is 4.39 Å². The molecule has 3 heteroatoms. The second kappa shape index (κ2) is 3.87. The minimum atomic E-state index is -0.255. The molecule has 1 aromatic rings. The molecular weight excluding hydrogens is 201 g/mol. The summed E-state index contributed by atoms with van der Waals surface area (Å²) in [6, 6.07) is 5.57. The Labute approximate surface area is 88.3 Å². The molecule has 2 unspecified atom stereocenters. The van der Waals surface area contributed by atoms with E-state index < -0.39 is 0 Å². The van der Waals surface area contributed by atoms with Gasteiger partial charge in [0.1, 0.15) is 5.82 Å². The molecule has 1 saturated heterocycles. The molecule has 0 bridgehead atoms. The Hall–Kier alpha value is -0.600. The minimum Gasteiger partial charge on any atom is -0.314 e. The normalized spacial score (nSPS) is 26.8. The minimum absolute atomic E-state index is 0.224. The number of hydrogen-bond acceptors (Lipinski definition) is 1. The van der Waals surface area contributed by atoms with E-state index in [1.165, 1.54) is 0 Å². The van der Waals surface area contributed by atoms with Crippen LogP contribution >= 0.6 is 11.6 Å². The van der Waals surface area contributed by atoms with E-state index in [9.17, 15) is 4.39 Å². The van der Waals surface area contributed by atoms with E-state index in [4.69, 9.17) is 11.6 Å². The first kappa shape index (κ1) is 9.94. The van der Waals surface area contributed by atoms with Gasteiger partial charge in [0.25, 0.3) is 0 Å². The van der Waals surface area contributed by atoms with Crippen LogP contribution in [0.1, 0.15) is 24.8 Å². The molecule has 1 nitrogen and oxygen atoms in total. The van der Waals surface area contributed by atoms with Crippen molar-refractivity contribution < 1.29 is 4.39 Å². The summed E-state index contributed by atoms with van der Waals surface area (Å²) in [7, 11) is 0. The fourth-order valence-corrected chi connectivity index (χ4v) is 2.27. The van der Waals surface area contributed by atoms with Crippen molar-refractivity contribution in [2.24, 2.45) is 0 Å². The van der Waals surface area contributed by atoms with E-state index >= 15 is 0 Å². The Bertz CT molecular complexity index is 340. The average molecular weight is 214 g/mol. The molecule has 0 amide bonds. The Morgan fingerprint density at radius 1 is 1.50 bits per heavy atom. The van der Waals surface area contributed by atoms with E-state index in [1.807, 2.05) is 12.1 Å². The van der Waals surface area contributed by atoms with E-state index in [0.29, 0.717) is 6.04 Å². The molecule has 14 heavy (non-hydrogen) atoms. The number of benzene rings is 1. The van der Waals surface area contributed by atoms with E-state index in [2.05, 4.69) is 12.2 Å². The molecule has 76 valence electrons. The van der Waals surface area contributed by atoms with E-state index in [1.54, 1.807) is 6.07 Å². The van der Waals surface area contributed by atoms with E-state index in [0.717, 1.165) is 18.5 Å². The summed E-state index contributed by atoms with van der Waals surface area (Å²) < 4.78 is 13.7. The van der Waals surface area contributed by atoms with Crippen molar-refractivity contribution in [2.45, 2.75) is 25.3 Å². The summed E-state index contributed by atoms with van der Waals surface area (Å²) in [5.74, 6) is 0.00316. The van der Waals surface area contributed by atoms with Gasteiger partial charge in [0.05, 0.1) is 5.02 Å². The summed E-state index contributed by atoms with van der Waals surface area (Å²) in [6.07, 6.45) is 0.985. The van der Waals surface area contributed by atoms with Crippen molar-refractivity contribution in [2.75, 3.05) is 6.54 Å². The zero-order chi connectivity index (χ0) is 10.1. The van der Waals surface area contributed by atoms with Crippen molar-refractivity contribution >= 4 is 11.6 Å². The van der Waals surface area contributed by atoms with Crippen molar-refractivity contribution in [3.05, 3.63) is 34.6 Å². The summed E-state index contributed by atoms with van der Waals surface area (Å²) in [4.78, 5) is 0. The van der Waals surface area contributed by atoms with Gasteiger partial charge in [0.15, 0.2) is 0 Å². The Kier molecular flexibility index (Phi) is 2.75. The zero-order valence-electron chi connectivity index (χ0n) is 8.06. The quantitative estimate of drug-likeness (QED) is 0.757. The van der Waals surface area contributed by atoms with Crippen LogP contribution in [0.5, 0.6) is 0 Å². The van der Waals surface area contributed by atoms with Crippen molar-refractivity contribution in [1.29, 1.82) is 0 Å². The lowest BCUT2D eigenvalue weighted by atomic mass is 9.92. The van der Waals surface area contributed by atoms with Crippen LogP contribution in [-0.2, 0) is 0 Å². The molecule has 0 aromatic heterocycles. The predicted octanol–water partition coefficient (Wildman–Crippen LogP) is 2.94. The van der Waals surface area contributed by atoms with E-state index in [-0.39, 0.29) is 16.8 Å². The Balaban J connectivity index is 2.36. The van der Waals surface area contributed by atoms with Gasteiger partial charge in [-0.3, -0.25) is 0 Å². The monoisotopic (exact) mass is 213 g/mol. The highest BCUT2D eigenvalue weighted by atomic mass is 35.5. The summed E-state index contributed by atoms with van der Waals surface area (Å²) in [6.45, 7) is 3.04. The number of rotatable bonds is 1. The molecule has 1 fully saturated rings. The second-order valence-electron chi connectivity index (χ2n) is 3.78. The zero-order valence-corrected chi connectivity index (χ0v) is 8.81. The first-order chi connectivity index (χ1) is 6.70. The molecule has 0 radical (unpaired) electrons. The third-order valence-corrected chi connectivity index (χ3v) is 3.20. The van der Waals surface area contributed by atoms with Gasteiger partial charge in [-0.1, -0.05) is 23.7 Å². The van der Waals surface area contributed by atoms with Crippen LogP contribution in [0.15, 0.2) is 18.2 Å². The summed E-state index contributed by atoms with van der Waals surface area (Å²) >= 11 is 5.74. The fraction of sp³-hybridized carbons (Fsp3) is 0.455. The van der Waals surface area contributed by atoms with Gasteiger partial charge < -0.3 is 5.32 Å². The molecule has 2 rings (SSSR count). The van der Waals surface area contributed by atoms with Gasteiger partial charge >= 0.3 is 0 Å².